The van der Waals surface area contributed by atoms with E-state index in [1.165, 1.54) is 11.8 Å². The third-order valence-corrected chi connectivity index (χ3v) is 6.64. The largest absolute Gasteiger partial charge is 0.344 e. The maximum atomic E-state index is 13.6. The van der Waals surface area contributed by atoms with E-state index in [1.807, 2.05) is 48.6 Å². The summed E-state index contributed by atoms with van der Waals surface area (Å²) < 4.78 is 1.77. The van der Waals surface area contributed by atoms with Crippen LogP contribution in [0.5, 0.6) is 0 Å². The maximum absolute atomic E-state index is 13.6. The third-order valence-electron chi connectivity index (χ3n) is 6.44. The average molecular weight is 543 g/mol. The number of likely N-dealkylation sites (N-methyl/N-ethyl adjacent to an activating group) is 1. The molecule has 0 saturated carbocycles. The van der Waals surface area contributed by atoms with Gasteiger partial charge in [0.05, 0.1) is 6.04 Å². The summed E-state index contributed by atoms with van der Waals surface area (Å²) in [6.07, 6.45) is 1.21. The van der Waals surface area contributed by atoms with Gasteiger partial charge in [-0.05, 0) is 37.6 Å². The second-order valence-corrected chi connectivity index (χ2v) is 12.5. The molecule has 4 atom stereocenters. The van der Waals surface area contributed by atoms with Crippen LogP contribution < -0.4 is 21.3 Å². The van der Waals surface area contributed by atoms with Crippen molar-refractivity contribution < 1.29 is 24.0 Å². The number of likely N-dealkylation sites (tertiary alicyclic amines) is 1. The van der Waals surface area contributed by atoms with E-state index in [0.717, 1.165) is 6.54 Å². The molecule has 37 heavy (non-hydrogen) atoms. The molecule has 0 aromatic heterocycles. The smallest absolute Gasteiger partial charge is 0.315 e. The van der Waals surface area contributed by atoms with Gasteiger partial charge in [0.1, 0.15) is 12.1 Å². The molecular formula is C25H46N6O5S. The molecule has 0 aromatic rings. The lowest BCUT2D eigenvalue weighted by atomic mass is 9.85. The van der Waals surface area contributed by atoms with E-state index in [1.54, 1.807) is 4.31 Å². The summed E-state index contributed by atoms with van der Waals surface area (Å²) in [5.41, 5.74) is -0.877. The van der Waals surface area contributed by atoms with E-state index in [4.69, 9.17) is 0 Å². The average Bonchev–Trinajstić information content (AvgIpc) is 3.26. The molecule has 12 heteroatoms. The zero-order valence-corrected chi connectivity index (χ0v) is 24.4. The highest BCUT2D eigenvalue weighted by Gasteiger charge is 2.42. The third kappa shape index (κ3) is 10.6. The Morgan fingerprint density at radius 1 is 1.05 bits per heavy atom. The van der Waals surface area contributed by atoms with Gasteiger partial charge in [-0.2, -0.15) is 0 Å². The zero-order valence-electron chi connectivity index (χ0n) is 23.5. The summed E-state index contributed by atoms with van der Waals surface area (Å²) in [6, 6.07) is -3.31. The molecule has 0 aliphatic carbocycles. The number of hydrogen-bond acceptors (Lipinski definition) is 8. The van der Waals surface area contributed by atoms with Crippen LogP contribution in [-0.4, -0.2) is 96.5 Å². The second kappa shape index (κ2) is 14.1. The summed E-state index contributed by atoms with van der Waals surface area (Å²) in [5, 5.41) is 11.7. The van der Waals surface area contributed by atoms with E-state index in [0.29, 0.717) is 32.5 Å². The molecule has 1 saturated heterocycles. The Bertz CT molecular complexity index is 823. The number of nitrogens with one attached hydrogen (secondary N) is 4. The molecule has 0 aromatic carbocycles. The number of nitrogens with zero attached hydrogens (tertiary/aromatic N) is 2. The van der Waals surface area contributed by atoms with Gasteiger partial charge in [-0.3, -0.25) is 23.5 Å². The van der Waals surface area contributed by atoms with Gasteiger partial charge >= 0.3 is 6.03 Å². The van der Waals surface area contributed by atoms with Gasteiger partial charge in [0.25, 0.3) is 0 Å². The Morgan fingerprint density at radius 2 is 1.68 bits per heavy atom. The topological polar surface area (TPSA) is 140 Å². The molecule has 212 valence electrons. The Kier molecular flexibility index (Phi) is 12.5. The molecule has 11 nitrogen and oxygen atoms in total. The monoisotopic (exact) mass is 542 g/mol. The fourth-order valence-electron chi connectivity index (χ4n) is 3.99. The minimum atomic E-state index is -0.971. The van der Waals surface area contributed by atoms with Crippen LogP contribution in [-0.2, 0) is 19.2 Å². The maximum Gasteiger partial charge on any atom is 0.315 e. The van der Waals surface area contributed by atoms with Crippen LogP contribution in [0.1, 0.15) is 61.3 Å². The second-order valence-electron chi connectivity index (χ2n) is 11.9. The van der Waals surface area contributed by atoms with Crippen molar-refractivity contribution in [3.63, 3.8) is 0 Å². The lowest BCUT2D eigenvalue weighted by molar-refractivity contribution is -0.142. The summed E-state index contributed by atoms with van der Waals surface area (Å²) in [6.45, 7) is 15.4. The first-order valence-corrected chi connectivity index (χ1v) is 13.2. The first-order valence-electron chi connectivity index (χ1n) is 12.8. The lowest BCUT2D eigenvalue weighted by Crippen LogP contribution is -2.61. The molecule has 1 fully saturated rings. The van der Waals surface area contributed by atoms with Gasteiger partial charge in [-0.1, -0.05) is 54.4 Å². The number of rotatable bonds is 12. The molecule has 4 amide bonds. The number of thiol groups is 1. The summed E-state index contributed by atoms with van der Waals surface area (Å²) in [7, 11) is 1.86. The van der Waals surface area contributed by atoms with Crippen molar-refractivity contribution in [1.82, 2.24) is 30.5 Å². The minimum Gasteiger partial charge on any atom is -0.344 e. The number of carbonyl (C=O) groups is 5. The molecule has 4 N–H and O–H groups in total. The Labute approximate surface area is 226 Å². The normalized spacial score (nSPS) is 18.6. The van der Waals surface area contributed by atoms with Crippen molar-refractivity contribution in [3.8, 4) is 0 Å². The van der Waals surface area contributed by atoms with Crippen molar-refractivity contribution in [2.75, 3.05) is 33.2 Å². The van der Waals surface area contributed by atoms with Crippen molar-refractivity contribution >= 4 is 42.7 Å². The summed E-state index contributed by atoms with van der Waals surface area (Å²) >= 11 is 4.23. The number of hydrogen-bond donors (Lipinski definition) is 5. The van der Waals surface area contributed by atoms with Gasteiger partial charge in [0.2, 0.25) is 17.6 Å². The predicted octanol–water partition coefficient (Wildman–Crippen LogP) is 0.745. The van der Waals surface area contributed by atoms with Gasteiger partial charge in [0, 0.05) is 32.2 Å². The Balaban J connectivity index is 2.95. The number of carbonyl (C=O) groups excluding carboxylic acids is 5. The predicted molar refractivity (Wildman–Crippen MR) is 146 cm³/mol. The SMILES string of the molecule is CC(NC(=O)C1CCCN1C(=O)C(NC(=O)NC(CNCCN(C)S)C(C)(C)C)C(C)(C)C)C(=O)C=O. The molecule has 0 spiro atoms. The molecule has 4 unspecified atom stereocenters. The Morgan fingerprint density at radius 3 is 2.19 bits per heavy atom. The van der Waals surface area contributed by atoms with Crippen molar-refractivity contribution in [2.45, 2.75) is 85.5 Å². The van der Waals surface area contributed by atoms with Crippen LogP contribution >= 0.6 is 12.8 Å². The van der Waals surface area contributed by atoms with Gasteiger partial charge in [-0.15, -0.1) is 0 Å². The highest BCUT2D eigenvalue weighted by atomic mass is 32.1. The van der Waals surface area contributed by atoms with E-state index in [-0.39, 0.29) is 23.7 Å². The molecule has 0 bridgehead atoms. The molecule has 0 radical (unpaired) electrons. The van der Waals surface area contributed by atoms with E-state index < -0.39 is 41.3 Å². The van der Waals surface area contributed by atoms with Crippen molar-refractivity contribution in [2.24, 2.45) is 10.8 Å². The number of ketones is 1. The first-order chi connectivity index (χ1) is 17.0. The van der Waals surface area contributed by atoms with Gasteiger partial charge in [0.15, 0.2) is 6.29 Å². The van der Waals surface area contributed by atoms with Crippen LogP contribution in [0.25, 0.3) is 0 Å². The molecule has 1 rings (SSSR count). The lowest BCUT2D eigenvalue weighted by Gasteiger charge is -2.37. The number of amides is 4. The Hall–Kier alpha value is -2.18. The molecule has 1 heterocycles. The minimum absolute atomic E-state index is 0.167. The standard InChI is InChI=1S/C25H46N6O5S/c1-16(18(33)15-32)27-21(34)17-10-9-12-31(17)22(35)20(25(5,6)7)29-23(36)28-19(24(2,3)4)14-26-11-13-30(8)37/h15-17,19-20,26,37H,9-14H2,1-8H3,(H,27,34)(H2,28,29,36). The van der Waals surface area contributed by atoms with Crippen LogP contribution in [0.15, 0.2) is 0 Å². The quantitative estimate of drug-likeness (QED) is 0.106. The highest BCUT2D eigenvalue weighted by molar-refractivity contribution is 7.77. The van der Waals surface area contributed by atoms with Crippen LogP contribution in [0, 0.1) is 10.8 Å². The first kappa shape index (κ1) is 32.8. The van der Waals surface area contributed by atoms with Crippen molar-refractivity contribution in [3.05, 3.63) is 0 Å². The summed E-state index contributed by atoms with van der Waals surface area (Å²) in [4.78, 5) is 63.3. The molecule has 1 aliphatic rings. The summed E-state index contributed by atoms with van der Waals surface area (Å²) in [5.74, 6) is -1.59. The molecule has 1 aliphatic heterocycles. The van der Waals surface area contributed by atoms with Crippen molar-refractivity contribution in [1.29, 1.82) is 0 Å². The number of Topliss-reactive ketones (excluding diaryl/α,β-unsaturated/α-hetero) is 1. The zero-order chi connectivity index (χ0) is 28.6. The van der Waals surface area contributed by atoms with E-state index in [9.17, 15) is 24.0 Å². The van der Waals surface area contributed by atoms with E-state index >= 15 is 0 Å². The van der Waals surface area contributed by atoms with Crippen LogP contribution in [0.2, 0.25) is 0 Å². The fraction of sp³-hybridized carbons (Fsp3) is 0.800. The van der Waals surface area contributed by atoms with Crippen LogP contribution in [0.4, 0.5) is 4.79 Å². The highest BCUT2D eigenvalue weighted by Crippen LogP contribution is 2.26. The van der Waals surface area contributed by atoms with E-state index in [2.05, 4.69) is 34.1 Å². The number of urea groups is 1. The number of aldehydes is 1. The van der Waals surface area contributed by atoms with Gasteiger partial charge < -0.3 is 26.2 Å². The fourth-order valence-corrected chi connectivity index (χ4v) is 4.09. The van der Waals surface area contributed by atoms with Crippen LogP contribution in [0.3, 0.4) is 0 Å². The molecular weight excluding hydrogens is 496 g/mol. The van der Waals surface area contributed by atoms with Gasteiger partial charge in [-0.25, -0.2) is 4.79 Å².